The van der Waals surface area contributed by atoms with Crippen LogP contribution in [0.15, 0.2) is 47.4 Å². The Bertz CT molecular complexity index is 1050. The lowest BCUT2D eigenvalue weighted by molar-refractivity contribution is -0.384. The van der Waals surface area contributed by atoms with Crippen molar-refractivity contribution in [3.05, 3.63) is 68.6 Å². The van der Waals surface area contributed by atoms with Gasteiger partial charge in [-0.3, -0.25) is 24.6 Å². The number of rotatable bonds is 8. The fraction of sp³-hybridized carbons (Fsp3) is 0.273. The predicted octanol–water partition coefficient (Wildman–Crippen LogP) is 4.69. The number of anilines is 1. The maximum atomic E-state index is 12.8. The molecule has 2 amide bonds. The molecule has 1 heterocycles. The topological polar surface area (TPSA) is 93.0 Å². The molecule has 1 fully saturated rings. The smallest absolute Gasteiger partial charge is 0.293 e. The summed E-state index contributed by atoms with van der Waals surface area (Å²) in [6, 6.07) is 11.6. The molecule has 162 valence electrons. The number of nitrogens with zero attached hydrogens (tertiary/aromatic N) is 3. The molecule has 0 atom stereocenters. The molecule has 0 aliphatic carbocycles. The summed E-state index contributed by atoms with van der Waals surface area (Å²) in [5, 5.41) is 10.6. The Morgan fingerprint density at radius 3 is 2.55 bits per heavy atom. The van der Waals surface area contributed by atoms with Crippen LogP contribution in [0.3, 0.4) is 0 Å². The van der Waals surface area contributed by atoms with Crippen molar-refractivity contribution in [2.24, 2.45) is 0 Å². The summed E-state index contributed by atoms with van der Waals surface area (Å²) in [4.78, 5) is 39.3. The van der Waals surface area contributed by atoms with Crippen molar-refractivity contribution in [3.8, 4) is 5.75 Å². The molecule has 1 saturated heterocycles. The number of nitro benzene ring substituents is 1. The molecule has 9 heteroatoms. The number of nitro groups is 1. The number of non-ortho nitro benzene ring substituents is 1. The van der Waals surface area contributed by atoms with Crippen molar-refractivity contribution in [3.63, 3.8) is 0 Å². The van der Waals surface area contributed by atoms with Gasteiger partial charge < -0.3 is 9.64 Å². The van der Waals surface area contributed by atoms with Crippen LogP contribution in [0, 0.1) is 10.1 Å². The van der Waals surface area contributed by atoms with Gasteiger partial charge in [0.25, 0.3) is 16.8 Å². The third kappa shape index (κ3) is 4.88. The fourth-order valence-electron chi connectivity index (χ4n) is 3.33. The fourth-order valence-corrected chi connectivity index (χ4v) is 4.16. The van der Waals surface area contributed by atoms with E-state index in [0.717, 1.165) is 35.4 Å². The standard InChI is InChI=1S/C22H23N3O5S/c1-4-23(5-2)17-10-9-16(19(13-17)30-3)12-20-21(26)24(22(27)31-20)14-15-7-6-8-18(11-15)25(28)29/h6-13H,4-5,14H2,1-3H3/b20-12-. The van der Waals surface area contributed by atoms with Crippen LogP contribution in [0.2, 0.25) is 0 Å². The van der Waals surface area contributed by atoms with Gasteiger partial charge in [-0.2, -0.15) is 0 Å². The van der Waals surface area contributed by atoms with Crippen LogP contribution in [0.25, 0.3) is 6.08 Å². The van der Waals surface area contributed by atoms with E-state index in [1.165, 1.54) is 18.2 Å². The maximum Gasteiger partial charge on any atom is 0.293 e. The highest BCUT2D eigenvalue weighted by molar-refractivity contribution is 8.18. The van der Waals surface area contributed by atoms with Gasteiger partial charge in [0.05, 0.1) is 23.5 Å². The quantitative estimate of drug-likeness (QED) is 0.333. The summed E-state index contributed by atoms with van der Waals surface area (Å²) >= 11 is 0.844. The minimum Gasteiger partial charge on any atom is -0.496 e. The summed E-state index contributed by atoms with van der Waals surface area (Å²) in [6.07, 6.45) is 1.64. The van der Waals surface area contributed by atoms with Gasteiger partial charge in [0, 0.05) is 42.5 Å². The van der Waals surface area contributed by atoms with Crippen molar-refractivity contribution in [1.82, 2.24) is 4.90 Å². The number of carbonyl (C=O) groups is 2. The Balaban J connectivity index is 1.85. The van der Waals surface area contributed by atoms with Gasteiger partial charge in [-0.15, -0.1) is 0 Å². The Morgan fingerprint density at radius 1 is 1.16 bits per heavy atom. The zero-order valence-corrected chi connectivity index (χ0v) is 18.3. The SMILES string of the molecule is CCN(CC)c1ccc(/C=C2\SC(=O)N(Cc3cccc([N+](=O)[O-])c3)C2=O)c(OC)c1. The highest BCUT2D eigenvalue weighted by Gasteiger charge is 2.35. The van der Waals surface area contributed by atoms with Gasteiger partial charge in [-0.05, 0) is 49.4 Å². The number of ether oxygens (including phenoxy) is 1. The van der Waals surface area contributed by atoms with E-state index in [4.69, 9.17) is 4.74 Å². The summed E-state index contributed by atoms with van der Waals surface area (Å²) in [5.74, 6) is 0.172. The second-order valence-corrected chi connectivity index (χ2v) is 7.79. The Morgan fingerprint density at radius 2 is 1.90 bits per heavy atom. The molecule has 0 radical (unpaired) electrons. The summed E-state index contributed by atoms with van der Waals surface area (Å²) < 4.78 is 5.50. The molecule has 0 spiro atoms. The normalized spacial score (nSPS) is 14.9. The molecule has 1 aliphatic rings. The van der Waals surface area contributed by atoms with Crippen molar-refractivity contribution in [2.45, 2.75) is 20.4 Å². The third-order valence-electron chi connectivity index (χ3n) is 4.97. The average Bonchev–Trinajstić information content (AvgIpc) is 3.03. The Labute approximate surface area is 184 Å². The van der Waals surface area contributed by atoms with Gasteiger partial charge in [0.1, 0.15) is 5.75 Å². The van der Waals surface area contributed by atoms with E-state index in [1.807, 2.05) is 18.2 Å². The number of amides is 2. The van der Waals surface area contributed by atoms with Gasteiger partial charge in [-0.25, -0.2) is 0 Å². The number of hydrogen-bond donors (Lipinski definition) is 0. The van der Waals surface area contributed by atoms with Crippen molar-refractivity contribution in [2.75, 3.05) is 25.1 Å². The lowest BCUT2D eigenvalue weighted by atomic mass is 10.1. The van der Waals surface area contributed by atoms with Crippen molar-refractivity contribution >= 4 is 40.4 Å². The van der Waals surface area contributed by atoms with E-state index in [0.29, 0.717) is 16.9 Å². The molecule has 3 rings (SSSR count). The van der Waals surface area contributed by atoms with Crippen LogP contribution in [-0.2, 0) is 11.3 Å². The average molecular weight is 442 g/mol. The predicted molar refractivity (Wildman–Crippen MR) is 121 cm³/mol. The monoisotopic (exact) mass is 441 g/mol. The van der Waals surface area contributed by atoms with Crippen LogP contribution in [0.1, 0.15) is 25.0 Å². The zero-order valence-electron chi connectivity index (χ0n) is 17.5. The lowest BCUT2D eigenvalue weighted by Crippen LogP contribution is -2.27. The van der Waals surface area contributed by atoms with E-state index in [9.17, 15) is 19.7 Å². The molecule has 8 nitrogen and oxygen atoms in total. The van der Waals surface area contributed by atoms with Gasteiger partial charge in [0.15, 0.2) is 0 Å². The van der Waals surface area contributed by atoms with Gasteiger partial charge >= 0.3 is 0 Å². The van der Waals surface area contributed by atoms with E-state index in [2.05, 4.69) is 18.7 Å². The molecule has 0 N–H and O–H groups in total. The summed E-state index contributed by atoms with van der Waals surface area (Å²) in [5.41, 5.74) is 2.13. The number of benzene rings is 2. The number of methoxy groups -OCH3 is 1. The number of hydrogen-bond acceptors (Lipinski definition) is 7. The highest BCUT2D eigenvalue weighted by atomic mass is 32.2. The molecule has 0 saturated carbocycles. The molecule has 0 bridgehead atoms. The van der Waals surface area contributed by atoms with E-state index >= 15 is 0 Å². The summed E-state index contributed by atoms with van der Waals surface area (Å²) in [7, 11) is 1.56. The van der Waals surface area contributed by atoms with Crippen molar-refractivity contribution in [1.29, 1.82) is 0 Å². The molecule has 0 aromatic heterocycles. The number of carbonyl (C=O) groups excluding carboxylic acids is 2. The molecular weight excluding hydrogens is 418 g/mol. The third-order valence-corrected chi connectivity index (χ3v) is 5.88. The van der Waals surface area contributed by atoms with E-state index < -0.39 is 16.1 Å². The minimum atomic E-state index is -0.509. The van der Waals surface area contributed by atoms with Crippen LogP contribution < -0.4 is 9.64 Å². The molecular formula is C22H23N3O5S. The summed E-state index contributed by atoms with van der Waals surface area (Å²) in [6.45, 7) is 5.83. The zero-order chi connectivity index (χ0) is 22.5. The first-order valence-corrected chi connectivity index (χ1v) is 10.6. The van der Waals surface area contributed by atoms with E-state index in [-0.39, 0.29) is 17.1 Å². The number of thioether (sulfide) groups is 1. The second kappa shape index (κ2) is 9.65. The minimum absolute atomic E-state index is 0.0261. The number of imide groups is 1. The van der Waals surface area contributed by atoms with Crippen LogP contribution in [0.5, 0.6) is 5.75 Å². The van der Waals surface area contributed by atoms with Gasteiger partial charge in [-0.1, -0.05) is 12.1 Å². The highest BCUT2D eigenvalue weighted by Crippen LogP contribution is 2.36. The largest absolute Gasteiger partial charge is 0.496 e. The van der Waals surface area contributed by atoms with Crippen LogP contribution in [-0.4, -0.2) is 41.2 Å². The molecule has 2 aromatic rings. The van der Waals surface area contributed by atoms with Crippen LogP contribution >= 0.6 is 11.8 Å². The Kier molecular flexibility index (Phi) is 6.96. The Hall–Kier alpha value is -3.33. The van der Waals surface area contributed by atoms with Crippen LogP contribution in [0.4, 0.5) is 16.2 Å². The molecule has 0 unspecified atom stereocenters. The second-order valence-electron chi connectivity index (χ2n) is 6.79. The first-order valence-electron chi connectivity index (χ1n) is 9.79. The van der Waals surface area contributed by atoms with Crippen molar-refractivity contribution < 1.29 is 19.2 Å². The molecule has 1 aliphatic heterocycles. The first kappa shape index (κ1) is 22.4. The lowest BCUT2D eigenvalue weighted by Gasteiger charge is -2.22. The molecule has 31 heavy (non-hydrogen) atoms. The first-order chi connectivity index (χ1) is 14.9. The van der Waals surface area contributed by atoms with E-state index in [1.54, 1.807) is 19.3 Å². The maximum absolute atomic E-state index is 12.8. The molecule has 2 aromatic carbocycles. The van der Waals surface area contributed by atoms with Gasteiger partial charge in [0.2, 0.25) is 0 Å².